The lowest BCUT2D eigenvalue weighted by Crippen LogP contribution is -2.00. The lowest BCUT2D eigenvalue weighted by molar-refractivity contribution is 0.0601. The van der Waals surface area contributed by atoms with Gasteiger partial charge in [0, 0.05) is 10.6 Å². The molecule has 0 spiro atoms. The molecule has 4 nitrogen and oxygen atoms in total. The van der Waals surface area contributed by atoms with Crippen molar-refractivity contribution < 1.29 is 14.1 Å². The van der Waals surface area contributed by atoms with Gasteiger partial charge < -0.3 is 9.26 Å². The summed E-state index contributed by atoms with van der Waals surface area (Å²) in [6, 6.07) is 6.91. The summed E-state index contributed by atoms with van der Waals surface area (Å²) < 4.78 is 9.64. The van der Waals surface area contributed by atoms with E-state index in [-0.39, 0.29) is 0 Å². The second kappa shape index (κ2) is 4.37. The molecule has 0 atom stereocenters. The van der Waals surface area contributed by atoms with Gasteiger partial charge in [0.15, 0.2) is 5.76 Å². The first kappa shape index (κ1) is 10.7. The Balaban J connectivity index is 2.44. The van der Waals surface area contributed by atoms with E-state index < -0.39 is 5.97 Å². The topological polar surface area (TPSA) is 52.3 Å². The summed E-state index contributed by atoms with van der Waals surface area (Å²) in [4.78, 5) is 11.4. The predicted molar refractivity (Wildman–Crippen MR) is 58.3 cm³/mol. The second-order valence-electron chi connectivity index (χ2n) is 3.07. The average molecular weight is 238 g/mol. The fourth-order valence-corrected chi connectivity index (χ4v) is 1.43. The minimum Gasteiger partial charge on any atom is -0.465 e. The third-order valence-electron chi connectivity index (χ3n) is 2.08. The van der Waals surface area contributed by atoms with Gasteiger partial charge in [-0.3, -0.25) is 0 Å². The van der Waals surface area contributed by atoms with E-state index in [0.29, 0.717) is 16.3 Å². The molecule has 0 unspecified atom stereocenters. The largest absolute Gasteiger partial charge is 0.465 e. The standard InChI is InChI=1S/C11H8ClNO3/c1-15-11(14)9-6-13-16-10(9)7-2-4-8(12)5-3-7/h2-6H,1H3. The number of methoxy groups -OCH3 is 1. The van der Waals surface area contributed by atoms with Gasteiger partial charge in [-0.2, -0.15) is 0 Å². The molecule has 0 saturated heterocycles. The molecule has 82 valence electrons. The van der Waals surface area contributed by atoms with Gasteiger partial charge >= 0.3 is 5.97 Å². The summed E-state index contributed by atoms with van der Waals surface area (Å²) in [7, 11) is 1.31. The van der Waals surface area contributed by atoms with Gasteiger partial charge in [-0.05, 0) is 24.3 Å². The van der Waals surface area contributed by atoms with Gasteiger partial charge in [0.1, 0.15) is 5.56 Å². The van der Waals surface area contributed by atoms with Gasteiger partial charge in [0.25, 0.3) is 0 Å². The number of rotatable bonds is 2. The van der Waals surface area contributed by atoms with Gasteiger partial charge in [-0.1, -0.05) is 16.8 Å². The van der Waals surface area contributed by atoms with E-state index in [1.807, 2.05) is 0 Å². The van der Waals surface area contributed by atoms with Crippen molar-refractivity contribution in [3.8, 4) is 11.3 Å². The lowest BCUT2D eigenvalue weighted by atomic mass is 10.1. The molecule has 2 aromatic rings. The van der Waals surface area contributed by atoms with Crippen LogP contribution in [0, 0.1) is 0 Å². The average Bonchev–Trinajstić information content (AvgIpc) is 2.78. The molecule has 0 aliphatic rings. The zero-order chi connectivity index (χ0) is 11.5. The van der Waals surface area contributed by atoms with Crippen molar-refractivity contribution in [3.05, 3.63) is 41.0 Å². The second-order valence-corrected chi connectivity index (χ2v) is 3.50. The number of aromatic nitrogens is 1. The number of halogens is 1. The molecule has 0 amide bonds. The van der Waals surface area contributed by atoms with Gasteiger partial charge in [-0.15, -0.1) is 0 Å². The van der Waals surface area contributed by atoms with Crippen LogP contribution in [0.1, 0.15) is 10.4 Å². The van der Waals surface area contributed by atoms with E-state index in [2.05, 4.69) is 9.89 Å². The molecule has 0 saturated carbocycles. The summed E-state index contributed by atoms with van der Waals surface area (Å²) in [6.45, 7) is 0. The van der Waals surface area contributed by atoms with Crippen molar-refractivity contribution in [1.29, 1.82) is 0 Å². The van der Waals surface area contributed by atoms with Gasteiger partial charge in [0.05, 0.1) is 13.3 Å². The highest BCUT2D eigenvalue weighted by molar-refractivity contribution is 6.30. The molecule has 1 aromatic carbocycles. The lowest BCUT2D eigenvalue weighted by Gasteiger charge is -1.99. The quantitative estimate of drug-likeness (QED) is 0.754. The van der Waals surface area contributed by atoms with Crippen LogP contribution in [0.15, 0.2) is 35.0 Å². The van der Waals surface area contributed by atoms with Crippen LogP contribution in [-0.2, 0) is 4.74 Å². The molecule has 0 aliphatic carbocycles. The Morgan fingerprint density at radius 3 is 2.69 bits per heavy atom. The van der Waals surface area contributed by atoms with Crippen LogP contribution in [0.5, 0.6) is 0 Å². The van der Waals surface area contributed by atoms with Crippen molar-refractivity contribution in [2.75, 3.05) is 7.11 Å². The fourth-order valence-electron chi connectivity index (χ4n) is 1.30. The van der Waals surface area contributed by atoms with Crippen LogP contribution in [0.3, 0.4) is 0 Å². The van der Waals surface area contributed by atoms with E-state index in [4.69, 9.17) is 16.1 Å². The summed E-state index contributed by atoms with van der Waals surface area (Å²) in [5, 5.41) is 4.19. The fraction of sp³-hybridized carbons (Fsp3) is 0.0909. The van der Waals surface area contributed by atoms with Crippen LogP contribution >= 0.6 is 11.6 Å². The van der Waals surface area contributed by atoms with E-state index in [0.717, 1.165) is 5.56 Å². The minimum atomic E-state index is -0.480. The van der Waals surface area contributed by atoms with E-state index >= 15 is 0 Å². The van der Waals surface area contributed by atoms with Gasteiger partial charge in [0.2, 0.25) is 0 Å². The monoisotopic (exact) mass is 237 g/mol. The van der Waals surface area contributed by atoms with Crippen molar-refractivity contribution in [2.24, 2.45) is 0 Å². The number of benzene rings is 1. The first-order chi connectivity index (χ1) is 7.72. The Kier molecular flexibility index (Phi) is 2.92. The smallest absolute Gasteiger partial charge is 0.343 e. The molecule has 2 rings (SSSR count). The number of hydrogen-bond acceptors (Lipinski definition) is 4. The van der Waals surface area contributed by atoms with Crippen molar-refractivity contribution in [1.82, 2.24) is 5.16 Å². The molecule has 0 radical (unpaired) electrons. The molecular weight excluding hydrogens is 230 g/mol. The van der Waals surface area contributed by atoms with Crippen LogP contribution in [0.25, 0.3) is 11.3 Å². The molecule has 1 aromatic heterocycles. The number of carbonyl (C=O) groups is 1. The molecule has 0 N–H and O–H groups in total. The van der Waals surface area contributed by atoms with Crippen LogP contribution in [0.2, 0.25) is 5.02 Å². The Hall–Kier alpha value is -1.81. The van der Waals surface area contributed by atoms with Gasteiger partial charge in [-0.25, -0.2) is 4.79 Å². The molecule has 16 heavy (non-hydrogen) atoms. The molecular formula is C11H8ClNO3. The number of carbonyl (C=O) groups excluding carboxylic acids is 1. The molecule has 0 bridgehead atoms. The maximum Gasteiger partial charge on any atom is 0.343 e. The predicted octanol–water partition coefficient (Wildman–Crippen LogP) is 2.78. The van der Waals surface area contributed by atoms with Crippen LogP contribution in [-0.4, -0.2) is 18.2 Å². The minimum absolute atomic E-state index is 0.296. The first-order valence-corrected chi connectivity index (χ1v) is 4.89. The highest BCUT2D eigenvalue weighted by Crippen LogP contribution is 2.25. The zero-order valence-corrected chi connectivity index (χ0v) is 9.19. The third kappa shape index (κ3) is 1.92. The zero-order valence-electron chi connectivity index (χ0n) is 8.44. The number of hydrogen-bond donors (Lipinski definition) is 0. The van der Waals surface area contributed by atoms with Crippen LogP contribution in [0.4, 0.5) is 0 Å². The number of nitrogens with zero attached hydrogens (tertiary/aromatic N) is 1. The Morgan fingerprint density at radius 1 is 1.38 bits per heavy atom. The summed E-state index contributed by atoms with van der Waals surface area (Å²) in [6.07, 6.45) is 1.33. The molecule has 1 heterocycles. The van der Waals surface area contributed by atoms with Crippen molar-refractivity contribution in [3.63, 3.8) is 0 Å². The highest BCUT2D eigenvalue weighted by Gasteiger charge is 2.17. The Labute approximate surface area is 96.8 Å². The molecule has 5 heteroatoms. The van der Waals surface area contributed by atoms with E-state index in [1.165, 1.54) is 13.3 Å². The summed E-state index contributed by atoms with van der Waals surface area (Å²) >= 11 is 5.76. The maximum absolute atomic E-state index is 11.4. The number of esters is 1. The molecule has 0 fully saturated rings. The number of ether oxygens (including phenoxy) is 1. The summed E-state index contributed by atoms with van der Waals surface area (Å²) in [5.74, 6) is -0.102. The molecule has 0 aliphatic heterocycles. The van der Waals surface area contributed by atoms with Crippen molar-refractivity contribution >= 4 is 17.6 Å². The maximum atomic E-state index is 11.4. The van der Waals surface area contributed by atoms with Crippen LogP contribution < -0.4 is 0 Å². The van der Waals surface area contributed by atoms with E-state index in [1.54, 1.807) is 24.3 Å². The van der Waals surface area contributed by atoms with Crippen molar-refractivity contribution in [2.45, 2.75) is 0 Å². The van der Waals surface area contributed by atoms with E-state index in [9.17, 15) is 4.79 Å². The highest BCUT2D eigenvalue weighted by atomic mass is 35.5. The Bertz CT molecular complexity index is 504. The SMILES string of the molecule is COC(=O)c1cnoc1-c1ccc(Cl)cc1. The summed E-state index contributed by atoms with van der Waals surface area (Å²) in [5.41, 5.74) is 1.02. The first-order valence-electron chi connectivity index (χ1n) is 4.51. The Morgan fingerprint density at radius 2 is 2.06 bits per heavy atom. The third-order valence-corrected chi connectivity index (χ3v) is 2.33. The normalized spacial score (nSPS) is 10.1.